The van der Waals surface area contributed by atoms with Crippen molar-refractivity contribution in [2.75, 3.05) is 6.61 Å². The standard InChI is InChI=1S/C18H31ClOSi/c1-7-8-9-12-18(13-10-11-16(19)14-18)15-20-21(5,6)17(2,3)4/h10-11,16H,7,12-15H2,1-6H3. The second-order valence-corrected chi connectivity index (χ2v) is 13.2. The van der Waals surface area contributed by atoms with Gasteiger partial charge in [-0.2, -0.15) is 0 Å². The van der Waals surface area contributed by atoms with Crippen LogP contribution in [0.25, 0.3) is 0 Å². The zero-order chi connectivity index (χ0) is 16.1. The van der Waals surface area contributed by atoms with Gasteiger partial charge in [-0.15, -0.1) is 23.4 Å². The van der Waals surface area contributed by atoms with Gasteiger partial charge in [0.05, 0.1) is 5.38 Å². The maximum absolute atomic E-state index is 6.49. The molecule has 2 atom stereocenters. The Balaban J connectivity index is 2.82. The van der Waals surface area contributed by atoms with Crippen LogP contribution in [0.4, 0.5) is 0 Å². The number of alkyl halides is 1. The van der Waals surface area contributed by atoms with E-state index in [1.807, 2.05) is 0 Å². The largest absolute Gasteiger partial charge is 0.416 e. The van der Waals surface area contributed by atoms with E-state index in [0.29, 0.717) is 0 Å². The number of hydrogen-bond donors (Lipinski definition) is 0. The van der Waals surface area contributed by atoms with E-state index in [-0.39, 0.29) is 15.8 Å². The SMILES string of the molecule is CCC#CCC1(CO[Si](C)(C)C(C)(C)C)CC=CC(Cl)C1. The molecule has 1 rings (SSSR count). The van der Waals surface area contributed by atoms with Crippen molar-refractivity contribution < 1.29 is 4.43 Å². The minimum Gasteiger partial charge on any atom is -0.416 e. The molecule has 0 saturated heterocycles. The lowest BCUT2D eigenvalue weighted by atomic mass is 9.75. The Kier molecular flexibility index (Phi) is 6.59. The highest BCUT2D eigenvalue weighted by Gasteiger charge is 2.41. The summed E-state index contributed by atoms with van der Waals surface area (Å²) in [6.45, 7) is 14.4. The average molecular weight is 327 g/mol. The zero-order valence-corrected chi connectivity index (χ0v) is 16.3. The molecule has 21 heavy (non-hydrogen) atoms. The highest BCUT2D eigenvalue weighted by atomic mass is 35.5. The van der Waals surface area contributed by atoms with Crippen LogP contribution in [0.15, 0.2) is 12.2 Å². The molecule has 0 heterocycles. The first-order valence-corrected chi connectivity index (χ1v) is 11.4. The molecule has 0 saturated carbocycles. The predicted octanol–water partition coefficient (Wildman–Crippen LogP) is 5.76. The molecular formula is C18H31ClOSi. The summed E-state index contributed by atoms with van der Waals surface area (Å²) in [5.74, 6) is 6.54. The first-order valence-electron chi connectivity index (χ1n) is 8.02. The molecule has 0 aromatic carbocycles. The summed E-state index contributed by atoms with van der Waals surface area (Å²) in [4.78, 5) is 0. The maximum atomic E-state index is 6.49. The smallest absolute Gasteiger partial charge is 0.192 e. The molecule has 2 unspecified atom stereocenters. The molecule has 0 aromatic rings. The van der Waals surface area contributed by atoms with E-state index in [2.05, 4.69) is 64.8 Å². The summed E-state index contributed by atoms with van der Waals surface area (Å²) >= 11 is 6.37. The first kappa shape index (κ1) is 18.8. The number of hydrogen-bond acceptors (Lipinski definition) is 1. The number of halogens is 1. The van der Waals surface area contributed by atoms with Crippen molar-refractivity contribution in [3.8, 4) is 11.8 Å². The lowest BCUT2D eigenvalue weighted by molar-refractivity contribution is 0.125. The van der Waals surface area contributed by atoms with Crippen molar-refractivity contribution >= 4 is 19.9 Å². The van der Waals surface area contributed by atoms with Crippen LogP contribution >= 0.6 is 11.6 Å². The molecule has 120 valence electrons. The van der Waals surface area contributed by atoms with Crippen molar-refractivity contribution in [1.82, 2.24) is 0 Å². The third-order valence-corrected chi connectivity index (χ3v) is 9.61. The second kappa shape index (κ2) is 7.35. The molecule has 1 nitrogen and oxygen atoms in total. The van der Waals surface area contributed by atoms with E-state index in [1.54, 1.807) is 0 Å². The van der Waals surface area contributed by atoms with Gasteiger partial charge < -0.3 is 4.43 Å². The van der Waals surface area contributed by atoms with Gasteiger partial charge in [-0.3, -0.25) is 0 Å². The van der Waals surface area contributed by atoms with E-state index < -0.39 is 8.32 Å². The van der Waals surface area contributed by atoms with Gasteiger partial charge in [0.2, 0.25) is 0 Å². The van der Waals surface area contributed by atoms with Crippen LogP contribution < -0.4 is 0 Å². The van der Waals surface area contributed by atoms with Gasteiger partial charge in [0.15, 0.2) is 8.32 Å². The predicted molar refractivity (Wildman–Crippen MR) is 96.3 cm³/mol. The van der Waals surface area contributed by atoms with E-state index in [0.717, 1.165) is 32.3 Å². The van der Waals surface area contributed by atoms with Gasteiger partial charge in [0, 0.05) is 24.9 Å². The first-order chi connectivity index (χ1) is 9.62. The third kappa shape index (κ3) is 5.47. The minimum absolute atomic E-state index is 0.0961. The van der Waals surface area contributed by atoms with Crippen LogP contribution in [0, 0.1) is 17.3 Å². The van der Waals surface area contributed by atoms with Crippen molar-refractivity contribution in [3.63, 3.8) is 0 Å². The van der Waals surface area contributed by atoms with Crippen molar-refractivity contribution in [2.45, 2.75) is 76.9 Å². The van der Waals surface area contributed by atoms with E-state index in [1.165, 1.54) is 0 Å². The maximum Gasteiger partial charge on any atom is 0.192 e. The summed E-state index contributed by atoms with van der Waals surface area (Å²) in [6.07, 6.45) is 8.13. The van der Waals surface area contributed by atoms with E-state index >= 15 is 0 Å². The number of rotatable bonds is 4. The van der Waals surface area contributed by atoms with Gasteiger partial charge in [0.25, 0.3) is 0 Å². The van der Waals surface area contributed by atoms with Gasteiger partial charge in [0.1, 0.15) is 0 Å². The molecule has 0 aliphatic heterocycles. The Bertz CT molecular complexity index is 425. The summed E-state index contributed by atoms with van der Waals surface area (Å²) in [5, 5.41) is 0.360. The molecule has 3 heteroatoms. The van der Waals surface area contributed by atoms with Crippen molar-refractivity contribution in [2.24, 2.45) is 5.41 Å². The second-order valence-electron chi connectivity index (χ2n) is 7.79. The summed E-state index contributed by atoms with van der Waals surface area (Å²) < 4.78 is 6.49. The van der Waals surface area contributed by atoms with E-state index in [9.17, 15) is 0 Å². The fraction of sp³-hybridized carbons (Fsp3) is 0.778. The highest BCUT2D eigenvalue weighted by Crippen LogP contribution is 2.42. The monoisotopic (exact) mass is 326 g/mol. The van der Waals surface area contributed by atoms with Crippen LogP contribution in [-0.4, -0.2) is 20.3 Å². The quantitative estimate of drug-likeness (QED) is 0.276. The Morgan fingerprint density at radius 2 is 2.00 bits per heavy atom. The van der Waals surface area contributed by atoms with Crippen LogP contribution in [0.1, 0.15) is 53.4 Å². The Morgan fingerprint density at radius 1 is 1.33 bits per heavy atom. The van der Waals surface area contributed by atoms with Gasteiger partial charge in [-0.05, 0) is 31.0 Å². The van der Waals surface area contributed by atoms with Crippen molar-refractivity contribution in [1.29, 1.82) is 0 Å². The summed E-state index contributed by atoms with van der Waals surface area (Å²) in [5.41, 5.74) is 0.0961. The zero-order valence-electron chi connectivity index (χ0n) is 14.6. The highest BCUT2D eigenvalue weighted by molar-refractivity contribution is 6.74. The van der Waals surface area contributed by atoms with Crippen LogP contribution in [0.2, 0.25) is 18.1 Å². The fourth-order valence-electron chi connectivity index (χ4n) is 2.27. The summed E-state index contributed by atoms with van der Waals surface area (Å²) in [7, 11) is -1.72. The van der Waals surface area contributed by atoms with Gasteiger partial charge in [-0.25, -0.2) is 0 Å². The normalized spacial score (nSPS) is 26.3. The van der Waals surface area contributed by atoms with E-state index in [4.69, 9.17) is 16.0 Å². The lowest BCUT2D eigenvalue weighted by Crippen LogP contribution is -2.44. The molecule has 0 bridgehead atoms. The summed E-state index contributed by atoms with van der Waals surface area (Å²) in [6, 6.07) is 0. The minimum atomic E-state index is -1.72. The van der Waals surface area contributed by atoms with Gasteiger partial charge >= 0.3 is 0 Å². The molecule has 0 radical (unpaired) electrons. The topological polar surface area (TPSA) is 9.23 Å². The Labute approximate surface area is 137 Å². The lowest BCUT2D eigenvalue weighted by Gasteiger charge is -2.42. The Morgan fingerprint density at radius 3 is 2.52 bits per heavy atom. The van der Waals surface area contributed by atoms with Crippen LogP contribution in [0.3, 0.4) is 0 Å². The Hall–Kier alpha value is -0.233. The molecule has 0 fully saturated rings. The number of allylic oxidation sites excluding steroid dienone is 2. The molecule has 0 N–H and O–H groups in total. The molecule has 1 aliphatic rings. The molecule has 0 aromatic heterocycles. The third-order valence-electron chi connectivity index (χ3n) is 4.83. The molecule has 1 aliphatic carbocycles. The van der Waals surface area contributed by atoms with Crippen molar-refractivity contribution in [3.05, 3.63) is 12.2 Å². The van der Waals surface area contributed by atoms with Gasteiger partial charge in [-0.1, -0.05) is 39.8 Å². The van der Waals surface area contributed by atoms with Crippen LogP contribution in [-0.2, 0) is 4.43 Å². The molecular weight excluding hydrogens is 296 g/mol. The van der Waals surface area contributed by atoms with Crippen LogP contribution in [0.5, 0.6) is 0 Å². The molecule has 0 spiro atoms. The fourth-order valence-corrected chi connectivity index (χ4v) is 3.80. The average Bonchev–Trinajstić information content (AvgIpc) is 2.36. The molecule has 0 amide bonds.